The third-order valence-corrected chi connectivity index (χ3v) is 3.26. The molecule has 0 spiro atoms. The monoisotopic (exact) mass is 190 g/mol. The van der Waals surface area contributed by atoms with E-state index >= 15 is 0 Å². The Kier molecular flexibility index (Phi) is 1.68. The molecule has 2 aliphatic heterocycles. The van der Waals surface area contributed by atoms with Crippen LogP contribution in [0.2, 0.25) is 0 Å². The van der Waals surface area contributed by atoms with Gasteiger partial charge in [0.25, 0.3) is 0 Å². The number of β-amino-alcohol motifs (C(OH)–C–C–N with tert-alkyl or cyclic N) is 1. The van der Waals surface area contributed by atoms with Crippen LogP contribution in [0.5, 0.6) is 0 Å². The number of nitrogens with one attached hydrogen (secondary N) is 2. The molecule has 3 nitrogen and oxygen atoms in total. The second kappa shape index (κ2) is 2.79. The summed E-state index contributed by atoms with van der Waals surface area (Å²) in [6, 6.07) is 8.42. The van der Waals surface area contributed by atoms with E-state index in [4.69, 9.17) is 0 Å². The fourth-order valence-electron chi connectivity index (χ4n) is 2.36. The minimum Gasteiger partial charge on any atom is -0.385 e. The van der Waals surface area contributed by atoms with Crippen LogP contribution in [0.1, 0.15) is 17.2 Å². The van der Waals surface area contributed by atoms with Crippen LogP contribution in [-0.4, -0.2) is 23.8 Å². The second-order valence-corrected chi connectivity index (χ2v) is 4.22. The summed E-state index contributed by atoms with van der Waals surface area (Å²) < 4.78 is 0. The van der Waals surface area contributed by atoms with Crippen molar-refractivity contribution in [3.05, 3.63) is 35.4 Å². The predicted molar refractivity (Wildman–Crippen MR) is 53.8 cm³/mol. The van der Waals surface area contributed by atoms with E-state index in [1.807, 2.05) is 12.1 Å². The molecule has 3 N–H and O–H groups in total. The Morgan fingerprint density at radius 3 is 2.79 bits per heavy atom. The van der Waals surface area contributed by atoms with Crippen molar-refractivity contribution in [2.75, 3.05) is 13.1 Å². The average Bonchev–Trinajstić information content (AvgIpc) is 2.58. The molecule has 0 radical (unpaired) electrons. The van der Waals surface area contributed by atoms with Gasteiger partial charge >= 0.3 is 0 Å². The highest BCUT2D eigenvalue weighted by Gasteiger charge is 2.45. The molecular weight excluding hydrogens is 176 g/mol. The molecule has 74 valence electrons. The smallest absolute Gasteiger partial charge is 0.109 e. The van der Waals surface area contributed by atoms with E-state index in [-0.39, 0.29) is 6.04 Å². The molecule has 0 bridgehead atoms. The number of hydrogen-bond acceptors (Lipinski definition) is 3. The summed E-state index contributed by atoms with van der Waals surface area (Å²) in [6.07, 6.45) is 0. The largest absolute Gasteiger partial charge is 0.385 e. The highest BCUT2D eigenvalue weighted by molar-refractivity contribution is 5.36. The van der Waals surface area contributed by atoms with Crippen LogP contribution in [0.4, 0.5) is 0 Å². The van der Waals surface area contributed by atoms with Crippen molar-refractivity contribution in [2.45, 2.75) is 18.2 Å². The Hall–Kier alpha value is -0.900. The molecule has 1 aromatic rings. The summed E-state index contributed by atoms with van der Waals surface area (Å²) in [5.74, 6) is 0. The molecule has 1 aromatic carbocycles. The SMILES string of the molecule is OC1(C2NCc3ccccc32)CNC1. The highest BCUT2D eigenvalue weighted by atomic mass is 16.3. The van der Waals surface area contributed by atoms with Gasteiger partial charge in [0, 0.05) is 19.6 Å². The minimum absolute atomic E-state index is 0.111. The molecule has 0 saturated carbocycles. The molecule has 1 saturated heterocycles. The van der Waals surface area contributed by atoms with Crippen molar-refractivity contribution in [1.29, 1.82) is 0 Å². The molecule has 1 atom stereocenters. The topological polar surface area (TPSA) is 44.3 Å². The number of benzene rings is 1. The summed E-state index contributed by atoms with van der Waals surface area (Å²) in [6.45, 7) is 2.27. The van der Waals surface area contributed by atoms with Crippen LogP contribution < -0.4 is 10.6 Å². The molecule has 2 aliphatic rings. The van der Waals surface area contributed by atoms with Crippen molar-refractivity contribution in [3.63, 3.8) is 0 Å². The molecule has 0 aliphatic carbocycles. The third-order valence-electron chi connectivity index (χ3n) is 3.26. The van der Waals surface area contributed by atoms with Gasteiger partial charge in [0.15, 0.2) is 0 Å². The van der Waals surface area contributed by atoms with Crippen LogP contribution in [0, 0.1) is 0 Å². The summed E-state index contributed by atoms with van der Waals surface area (Å²) in [4.78, 5) is 0. The molecular formula is C11H14N2O. The number of hydrogen-bond donors (Lipinski definition) is 3. The standard InChI is InChI=1S/C11H14N2O/c14-11(6-12-7-11)10-9-4-2-1-3-8(9)5-13-10/h1-4,10,12-14H,5-7H2. The zero-order valence-electron chi connectivity index (χ0n) is 7.96. The van der Waals surface area contributed by atoms with E-state index in [9.17, 15) is 5.11 Å². The van der Waals surface area contributed by atoms with Crippen molar-refractivity contribution < 1.29 is 5.11 Å². The van der Waals surface area contributed by atoms with Gasteiger partial charge in [-0.15, -0.1) is 0 Å². The number of fused-ring (bicyclic) bond motifs is 1. The Labute approximate surface area is 83.1 Å². The van der Waals surface area contributed by atoms with Crippen molar-refractivity contribution in [3.8, 4) is 0 Å². The quantitative estimate of drug-likeness (QED) is 0.591. The Morgan fingerprint density at radius 2 is 2.07 bits per heavy atom. The summed E-state index contributed by atoms with van der Waals surface area (Å²) >= 11 is 0. The first-order valence-corrected chi connectivity index (χ1v) is 5.04. The summed E-state index contributed by atoms with van der Waals surface area (Å²) in [5.41, 5.74) is 2.00. The van der Waals surface area contributed by atoms with E-state index in [1.54, 1.807) is 0 Å². The van der Waals surface area contributed by atoms with Crippen LogP contribution in [0.25, 0.3) is 0 Å². The zero-order chi connectivity index (χ0) is 9.60. The number of aliphatic hydroxyl groups is 1. The maximum Gasteiger partial charge on any atom is 0.109 e. The molecule has 14 heavy (non-hydrogen) atoms. The first-order valence-electron chi connectivity index (χ1n) is 5.04. The zero-order valence-corrected chi connectivity index (χ0v) is 7.96. The Balaban J connectivity index is 1.97. The van der Waals surface area contributed by atoms with Crippen LogP contribution in [0.3, 0.4) is 0 Å². The van der Waals surface area contributed by atoms with Gasteiger partial charge in [-0.1, -0.05) is 24.3 Å². The Morgan fingerprint density at radius 1 is 1.29 bits per heavy atom. The first-order chi connectivity index (χ1) is 6.80. The van der Waals surface area contributed by atoms with Crippen molar-refractivity contribution in [2.24, 2.45) is 0 Å². The van der Waals surface area contributed by atoms with Gasteiger partial charge in [-0.3, -0.25) is 0 Å². The van der Waals surface area contributed by atoms with Crippen molar-refractivity contribution >= 4 is 0 Å². The maximum atomic E-state index is 10.2. The van der Waals surface area contributed by atoms with Crippen molar-refractivity contribution in [1.82, 2.24) is 10.6 Å². The van der Waals surface area contributed by atoms with Gasteiger partial charge in [0.2, 0.25) is 0 Å². The lowest BCUT2D eigenvalue weighted by Gasteiger charge is -2.42. The fourth-order valence-corrected chi connectivity index (χ4v) is 2.36. The lowest BCUT2D eigenvalue weighted by Crippen LogP contribution is -2.64. The molecule has 2 heterocycles. The molecule has 3 rings (SSSR count). The van der Waals surface area contributed by atoms with Gasteiger partial charge in [0.1, 0.15) is 5.60 Å². The fraction of sp³-hybridized carbons (Fsp3) is 0.455. The molecule has 1 unspecified atom stereocenters. The third kappa shape index (κ3) is 1.03. The van der Waals surface area contributed by atoms with E-state index in [0.717, 1.165) is 6.54 Å². The minimum atomic E-state index is -0.577. The molecule has 1 fully saturated rings. The molecule has 0 aromatic heterocycles. The summed E-state index contributed by atoms with van der Waals surface area (Å²) in [5, 5.41) is 16.7. The van der Waals surface area contributed by atoms with Gasteiger partial charge in [-0.2, -0.15) is 0 Å². The van der Waals surface area contributed by atoms with Gasteiger partial charge in [-0.05, 0) is 11.1 Å². The average molecular weight is 190 g/mol. The lowest BCUT2D eigenvalue weighted by atomic mass is 9.84. The van der Waals surface area contributed by atoms with Gasteiger partial charge < -0.3 is 15.7 Å². The predicted octanol–water partition coefficient (Wildman–Crippen LogP) is 0.165. The highest BCUT2D eigenvalue weighted by Crippen LogP contribution is 2.35. The van der Waals surface area contributed by atoms with E-state index in [1.165, 1.54) is 11.1 Å². The Bertz CT molecular complexity index is 360. The first kappa shape index (κ1) is 8.41. The van der Waals surface area contributed by atoms with E-state index in [0.29, 0.717) is 13.1 Å². The normalized spacial score (nSPS) is 28.2. The summed E-state index contributed by atoms with van der Waals surface area (Å²) in [7, 11) is 0. The maximum absolute atomic E-state index is 10.2. The van der Waals surface area contributed by atoms with Crippen LogP contribution >= 0.6 is 0 Å². The van der Waals surface area contributed by atoms with Gasteiger partial charge in [-0.25, -0.2) is 0 Å². The molecule has 3 heteroatoms. The van der Waals surface area contributed by atoms with Crippen LogP contribution in [0.15, 0.2) is 24.3 Å². The molecule has 0 amide bonds. The lowest BCUT2D eigenvalue weighted by molar-refractivity contribution is -0.0414. The van der Waals surface area contributed by atoms with E-state index in [2.05, 4.69) is 22.8 Å². The second-order valence-electron chi connectivity index (χ2n) is 4.22. The van der Waals surface area contributed by atoms with Gasteiger partial charge in [0.05, 0.1) is 6.04 Å². The number of rotatable bonds is 1. The van der Waals surface area contributed by atoms with E-state index < -0.39 is 5.60 Å². The van der Waals surface area contributed by atoms with Crippen LogP contribution in [-0.2, 0) is 6.54 Å².